The van der Waals surface area contributed by atoms with Gasteiger partial charge in [0.05, 0.1) is 7.11 Å². The van der Waals surface area contributed by atoms with Crippen molar-refractivity contribution in [3.05, 3.63) is 64.7 Å². The molecule has 20 heavy (non-hydrogen) atoms. The van der Waals surface area contributed by atoms with Crippen LogP contribution in [-0.4, -0.2) is 7.11 Å². The number of ether oxygens (including phenoxy) is 1. The molecule has 0 saturated heterocycles. The maximum absolute atomic E-state index is 5.47. The van der Waals surface area contributed by atoms with Crippen molar-refractivity contribution in [3.8, 4) is 29.9 Å². The third kappa shape index (κ3) is 3.22. The molecule has 0 aliphatic rings. The van der Waals surface area contributed by atoms with Crippen LogP contribution in [0.2, 0.25) is 0 Å². The third-order valence-corrected chi connectivity index (χ3v) is 3.08. The Balaban J connectivity index is 2.26. The maximum atomic E-state index is 5.47. The highest BCUT2D eigenvalue weighted by Crippen LogP contribution is 2.13. The summed E-state index contributed by atoms with van der Waals surface area (Å²) >= 11 is 0. The molecule has 0 fully saturated rings. The van der Waals surface area contributed by atoms with Crippen molar-refractivity contribution in [2.75, 3.05) is 7.11 Å². The van der Waals surface area contributed by atoms with E-state index in [1.165, 1.54) is 0 Å². The Kier molecular flexibility index (Phi) is 4.48. The average Bonchev–Trinajstić information content (AvgIpc) is 2.53. The number of rotatable bonds is 2. The summed E-state index contributed by atoms with van der Waals surface area (Å²) in [4.78, 5) is 0. The molecule has 98 valence electrons. The largest absolute Gasteiger partial charge is 0.497 e. The van der Waals surface area contributed by atoms with Crippen molar-refractivity contribution < 1.29 is 4.74 Å². The van der Waals surface area contributed by atoms with Crippen LogP contribution in [-0.2, 0) is 6.42 Å². The van der Waals surface area contributed by atoms with Crippen molar-refractivity contribution in [1.29, 1.82) is 0 Å². The summed E-state index contributed by atoms with van der Waals surface area (Å²) < 4.78 is 5.12. The molecule has 0 spiro atoms. The van der Waals surface area contributed by atoms with E-state index in [2.05, 4.69) is 30.8 Å². The molecular formula is C19H16O. The van der Waals surface area contributed by atoms with Crippen molar-refractivity contribution in [2.24, 2.45) is 0 Å². The summed E-state index contributed by atoms with van der Waals surface area (Å²) in [6.45, 7) is 2.09. The van der Waals surface area contributed by atoms with Crippen LogP contribution >= 0.6 is 0 Å². The number of benzene rings is 2. The Morgan fingerprint density at radius 2 is 1.65 bits per heavy atom. The third-order valence-electron chi connectivity index (χ3n) is 3.08. The van der Waals surface area contributed by atoms with Crippen molar-refractivity contribution in [1.82, 2.24) is 0 Å². The van der Waals surface area contributed by atoms with Crippen molar-refractivity contribution in [2.45, 2.75) is 13.3 Å². The standard InChI is InChI=1S/C19H16O/c1-4-17-11-8-16(14-18(17)5-2)7-6-15-9-12-19(20-3)13-10-15/h1,8-14H,5H2,2-3H3. The summed E-state index contributed by atoms with van der Waals surface area (Å²) in [5, 5.41) is 0. The Hall–Kier alpha value is -2.64. The molecule has 2 aromatic rings. The maximum Gasteiger partial charge on any atom is 0.118 e. The Bertz CT molecular complexity index is 691. The zero-order valence-electron chi connectivity index (χ0n) is 11.7. The number of hydrogen-bond donors (Lipinski definition) is 0. The normalized spacial score (nSPS) is 9.25. The Morgan fingerprint density at radius 3 is 2.25 bits per heavy atom. The molecule has 0 aliphatic carbocycles. The molecule has 2 rings (SSSR count). The van der Waals surface area contributed by atoms with Crippen LogP contribution in [0.4, 0.5) is 0 Å². The fourth-order valence-corrected chi connectivity index (χ4v) is 1.92. The van der Waals surface area contributed by atoms with Gasteiger partial charge in [-0.1, -0.05) is 24.7 Å². The lowest BCUT2D eigenvalue weighted by Gasteiger charge is -2.01. The van der Waals surface area contributed by atoms with Gasteiger partial charge in [-0.3, -0.25) is 0 Å². The second kappa shape index (κ2) is 6.50. The topological polar surface area (TPSA) is 9.23 Å². The summed E-state index contributed by atoms with van der Waals surface area (Å²) in [7, 11) is 1.65. The molecule has 0 amide bonds. The highest BCUT2D eigenvalue weighted by atomic mass is 16.5. The highest BCUT2D eigenvalue weighted by Gasteiger charge is 1.98. The van der Waals surface area contributed by atoms with Gasteiger partial charge in [0, 0.05) is 16.7 Å². The van der Waals surface area contributed by atoms with E-state index < -0.39 is 0 Å². The summed E-state index contributed by atoms with van der Waals surface area (Å²) in [5.74, 6) is 9.84. The number of hydrogen-bond acceptors (Lipinski definition) is 1. The summed E-state index contributed by atoms with van der Waals surface area (Å²) in [6.07, 6.45) is 6.39. The first-order valence-electron chi connectivity index (χ1n) is 6.52. The van der Waals surface area contributed by atoms with E-state index in [1.807, 2.05) is 36.4 Å². The predicted octanol–water partition coefficient (Wildman–Crippen LogP) is 3.64. The molecule has 0 N–H and O–H groups in total. The van der Waals surface area contributed by atoms with Gasteiger partial charge >= 0.3 is 0 Å². The zero-order valence-corrected chi connectivity index (χ0v) is 11.7. The van der Waals surface area contributed by atoms with Gasteiger partial charge in [0.1, 0.15) is 5.75 Å². The molecule has 0 aromatic heterocycles. The van der Waals surface area contributed by atoms with E-state index in [9.17, 15) is 0 Å². The minimum atomic E-state index is 0.835. The van der Waals surface area contributed by atoms with Gasteiger partial charge in [-0.2, -0.15) is 0 Å². The average molecular weight is 260 g/mol. The second-order valence-corrected chi connectivity index (χ2v) is 4.35. The van der Waals surface area contributed by atoms with Crippen LogP contribution in [0, 0.1) is 24.2 Å². The minimum absolute atomic E-state index is 0.835. The van der Waals surface area contributed by atoms with Gasteiger partial charge in [-0.15, -0.1) is 6.42 Å². The van der Waals surface area contributed by atoms with E-state index in [0.717, 1.165) is 34.4 Å². The molecule has 0 radical (unpaired) electrons. The molecule has 1 heteroatoms. The van der Waals surface area contributed by atoms with E-state index in [-0.39, 0.29) is 0 Å². The van der Waals surface area contributed by atoms with E-state index >= 15 is 0 Å². The van der Waals surface area contributed by atoms with Crippen LogP contribution in [0.15, 0.2) is 42.5 Å². The molecule has 0 heterocycles. The van der Waals surface area contributed by atoms with Gasteiger partial charge in [0.15, 0.2) is 0 Å². The van der Waals surface area contributed by atoms with Crippen LogP contribution < -0.4 is 4.74 Å². The minimum Gasteiger partial charge on any atom is -0.497 e. The van der Waals surface area contributed by atoms with Crippen LogP contribution in [0.5, 0.6) is 5.75 Å². The first-order chi connectivity index (χ1) is 9.76. The first kappa shape index (κ1) is 13.8. The summed E-state index contributed by atoms with van der Waals surface area (Å²) in [5.41, 5.74) is 4.05. The molecule has 0 bridgehead atoms. The summed E-state index contributed by atoms with van der Waals surface area (Å²) in [6, 6.07) is 13.7. The highest BCUT2D eigenvalue weighted by molar-refractivity contribution is 5.49. The predicted molar refractivity (Wildman–Crippen MR) is 82.7 cm³/mol. The lowest BCUT2D eigenvalue weighted by atomic mass is 10.0. The lowest BCUT2D eigenvalue weighted by Crippen LogP contribution is -1.88. The number of terminal acetylenes is 1. The monoisotopic (exact) mass is 260 g/mol. The Labute approximate surface area is 120 Å². The molecule has 0 unspecified atom stereocenters. The molecule has 0 aliphatic heterocycles. The van der Waals surface area contributed by atoms with Gasteiger partial charge in [-0.05, 0) is 54.4 Å². The number of aryl methyl sites for hydroxylation is 1. The quantitative estimate of drug-likeness (QED) is 0.749. The fourth-order valence-electron chi connectivity index (χ4n) is 1.92. The van der Waals surface area contributed by atoms with Crippen molar-refractivity contribution in [3.63, 3.8) is 0 Å². The first-order valence-corrected chi connectivity index (χ1v) is 6.52. The van der Waals surface area contributed by atoms with Gasteiger partial charge in [0.2, 0.25) is 0 Å². The molecule has 0 saturated carbocycles. The number of methoxy groups -OCH3 is 1. The van der Waals surface area contributed by atoms with E-state index in [0.29, 0.717) is 0 Å². The van der Waals surface area contributed by atoms with Crippen molar-refractivity contribution >= 4 is 0 Å². The van der Waals surface area contributed by atoms with E-state index in [1.54, 1.807) is 7.11 Å². The zero-order chi connectivity index (χ0) is 14.4. The van der Waals surface area contributed by atoms with Crippen LogP contribution in [0.25, 0.3) is 0 Å². The molecule has 2 aromatic carbocycles. The van der Waals surface area contributed by atoms with E-state index in [4.69, 9.17) is 11.2 Å². The Morgan fingerprint density at radius 1 is 1.00 bits per heavy atom. The molecular weight excluding hydrogens is 244 g/mol. The lowest BCUT2D eigenvalue weighted by molar-refractivity contribution is 0.415. The smallest absolute Gasteiger partial charge is 0.118 e. The van der Waals surface area contributed by atoms with Gasteiger partial charge in [0.25, 0.3) is 0 Å². The fraction of sp³-hybridized carbons (Fsp3) is 0.158. The second-order valence-electron chi connectivity index (χ2n) is 4.35. The molecule has 0 atom stereocenters. The SMILES string of the molecule is C#Cc1ccc(C#Cc2ccc(OC)cc2)cc1CC. The molecule has 1 nitrogen and oxygen atoms in total. The van der Waals surface area contributed by atoms with Gasteiger partial charge in [-0.25, -0.2) is 0 Å². The van der Waals surface area contributed by atoms with Gasteiger partial charge < -0.3 is 4.74 Å². The van der Waals surface area contributed by atoms with Crippen LogP contribution in [0.3, 0.4) is 0 Å². The van der Waals surface area contributed by atoms with Crippen LogP contribution in [0.1, 0.15) is 29.2 Å².